The van der Waals surface area contributed by atoms with Crippen LogP contribution in [0.3, 0.4) is 0 Å². The van der Waals surface area contributed by atoms with Crippen LogP contribution in [0, 0.1) is 0 Å². The Labute approximate surface area is 116 Å². The van der Waals surface area contributed by atoms with Crippen LogP contribution in [-0.4, -0.2) is 5.91 Å². The third kappa shape index (κ3) is 3.25. The van der Waals surface area contributed by atoms with Crippen LogP contribution in [0.2, 0.25) is 10.0 Å². The van der Waals surface area contributed by atoms with Crippen LogP contribution in [0.15, 0.2) is 48.5 Å². The molecule has 0 aliphatic heterocycles. The Balaban J connectivity index is 2.03. The first kappa shape index (κ1) is 12.9. The lowest BCUT2D eigenvalue weighted by Crippen LogP contribution is -2.23. The second-order valence-electron chi connectivity index (χ2n) is 3.79. The molecule has 0 radical (unpaired) electrons. The summed E-state index contributed by atoms with van der Waals surface area (Å²) < 4.78 is 0. The molecule has 0 atom stereocenters. The lowest BCUT2D eigenvalue weighted by molar-refractivity contribution is 0.0951. The highest BCUT2D eigenvalue weighted by atomic mass is 35.5. The van der Waals surface area contributed by atoms with Gasteiger partial charge in [0.1, 0.15) is 0 Å². The van der Waals surface area contributed by atoms with Crippen LogP contribution in [0.25, 0.3) is 0 Å². The highest BCUT2D eigenvalue weighted by molar-refractivity contribution is 6.33. The summed E-state index contributed by atoms with van der Waals surface area (Å²) in [6, 6.07) is 14.3. The van der Waals surface area contributed by atoms with Gasteiger partial charge in [-0.15, -0.1) is 0 Å². The number of carbonyl (C=O) groups excluding carboxylic acids is 1. The zero-order chi connectivity index (χ0) is 13.0. The van der Waals surface area contributed by atoms with Gasteiger partial charge in [-0.05, 0) is 29.8 Å². The van der Waals surface area contributed by atoms with E-state index >= 15 is 0 Å². The number of nitrogens with one attached hydrogen (secondary N) is 1. The van der Waals surface area contributed by atoms with Gasteiger partial charge in [-0.25, -0.2) is 0 Å². The molecule has 92 valence electrons. The Bertz CT molecular complexity index is 569. The lowest BCUT2D eigenvalue weighted by Gasteiger charge is -2.07. The summed E-state index contributed by atoms with van der Waals surface area (Å²) in [5, 5.41) is 3.90. The normalized spacial score (nSPS) is 10.1. The van der Waals surface area contributed by atoms with Gasteiger partial charge in [-0.2, -0.15) is 0 Å². The number of hydrogen-bond acceptors (Lipinski definition) is 1. The minimum Gasteiger partial charge on any atom is -0.348 e. The summed E-state index contributed by atoms with van der Waals surface area (Å²) in [5.41, 5.74) is 1.42. The lowest BCUT2D eigenvalue weighted by atomic mass is 10.2. The molecule has 0 fully saturated rings. The first-order chi connectivity index (χ1) is 8.66. The molecule has 0 bridgehead atoms. The molecule has 4 heteroatoms. The average Bonchev–Trinajstić information content (AvgIpc) is 2.37. The average molecular weight is 280 g/mol. The topological polar surface area (TPSA) is 29.1 Å². The van der Waals surface area contributed by atoms with Gasteiger partial charge < -0.3 is 5.32 Å². The Morgan fingerprint density at radius 2 is 1.83 bits per heavy atom. The highest BCUT2D eigenvalue weighted by Gasteiger charge is 2.08. The molecule has 18 heavy (non-hydrogen) atoms. The summed E-state index contributed by atoms with van der Waals surface area (Å²) >= 11 is 11.8. The molecule has 2 nitrogen and oxygen atoms in total. The fraction of sp³-hybridized carbons (Fsp3) is 0.0714. The third-order valence-corrected chi connectivity index (χ3v) is 3.03. The first-order valence-corrected chi connectivity index (χ1v) is 6.19. The van der Waals surface area contributed by atoms with Crippen molar-refractivity contribution in [2.45, 2.75) is 6.54 Å². The van der Waals surface area contributed by atoms with E-state index in [9.17, 15) is 4.79 Å². The molecule has 0 aliphatic carbocycles. The van der Waals surface area contributed by atoms with Gasteiger partial charge in [0, 0.05) is 11.6 Å². The molecule has 0 aliphatic rings. The quantitative estimate of drug-likeness (QED) is 0.907. The van der Waals surface area contributed by atoms with Crippen molar-refractivity contribution in [1.29, 1.82) is 0 Å². The van der Waals surface area contributed by atoms with Crippen LogP contribution in [0.5, 0.6) is 0 Å². The Kier molecular flexibility index (Phi) is 4.24. The molecule has 0 aromatic heterocycles. The van der Waals surface area contributed by atoms with Crippen LogP contribution in [-0.2, 0) is 6.54 Å². The maximum Gasteiger partial charge on any atom is 0.253 e. The van der Waals surface area contributed by atoms with Gasteiger partial charge >= 0.3 is 0 Å². The molecule has 2 aromatic carbocycles. The fourth-order valence-corrected chi connectivity index (χ4v) is 2.00. The van der Waals surface area contributed by atoms with Crippen molar-refractivity contribution in [1.82, 2.24) is 5.32 Å². The molecule has 1 amide bonds. The summed E-state index contributed by atoms with van der Waals surface area (Å²) in [7, 11) is 0. The van der Waals surface area contributed by atoms with Gasteiger partial charge in [0.2, 0.25) is 0 Å². The van der Waals surface area contributed by atoms with E-state index in [0.29, 0.717) is 22.2 Å². The van der Waals surface area contributed by atoms with E-state index < -0.39 is 0 Å². The van der Waals surface area contributed by atoms with E-state index in [4.69, 9.17) is 23.2 Å². The largest absolute Gasteiger partial charge is 0.348 e. The van der Waals surface area contributed by atoms with E-state index in [-0.39, 0.29) is 5.91 Å². The van der Waals surface area contributed by atoms with E-state index in [2.05, 4.69) is 5.32 Å². The monoisotopic (exact) mass is 279 g/mol. The van der Waals surface area contributed by atoms with E-state index in [1.54, 1.807) is 30.3 Å². The van der Waals surface area contributed by atoms with E-state index in [1.165, 1.54) is 0 Å². The minimum absolute atomic E-state index is 0.194. The molecule has 0 heterocycles. The van der Waals surface area contributed by atoms with Gasteiger partial charge in [0.25, 0.3) is 5.91 Å². The van der Waals surface area contributed by atoms with E-state index in [1.807, 2.05) is 18.2 Å². The smallest absolute Gasteiger partial charge is 0.253 e. The van der Waals surface area contributed by atoms with Crippen molar-refractivity contribution in [2.24, 2.45) is 0 Å². The van der Waals surface area contributed by atoms with Crippen molar-refractivity contribution < 1.29 is 4.79 Å². The zero-order valence-electron chi connectivity index (χ0n) is 9.49. The fourth-order valence-electron chi connectivity index (χ4n) is 1.57. The summed E-state index contributed by atoms with van der Waals surface area (Å²) in [5.74, 6) is -0.194. The number of rotatable bonds is 3. The number of hydrogen-bond donors (Lipinski definition) is 1. The third-order valence-electron chi connectivity index (χ3n) is 2.46. The summed E-state index contributed by atoms with van der Waals surface area (Å²) in [4.78, 5) is 11.9. The van der Waals surface area contributed by atoms with E-state index in [0.717, 1.165) is 5.56 Å². The van der Waals surface area contributed by atoms with Crippen molar-refractivity contribution >= 4 is 29.1 Å². The molecule has 2 aromatic rings. The maximum absolute atomic E-state index is 11.9. The highest BCUT2D eigenvalue weighted by Crippen LogP contribution is 2.15. The summed E-state index contributed by atoms with van der Waals surface area (Å²) in [6.45, 7) is 0.421. The second-order valence-corrected chi connectivity index (χ2v) is 4.64. The SMILES string of the molecule is O=C(NCc1cccc(Cl)c1)c1ccccc1Cl. The minimum atomic E-state index is -0.194. The van der Waals surface area contributed by atoms with Gasteiger partial charge in [0.05, 0.1) is 10.6 Å². The molecular formula is C14H11Cl2NO. The predicted molar refractivity (Wildman–Crippen MR) is 74.1 cm³/mol. The molecule has 0 saturated carbocycles. The Morgan fingerprint density at radius 1 is 1.06 bits per heavy atom. The number of benzene rings is 2. The first-order valence-electron chi connectivity index (χ1n) is 5.44. The van der Waals surface area contributed by atoms with Crippen LogP contribution in [0.1, 0.15) is 15.9 Å². The molecule has 0 spiro atoms. The number of carbonyl (C=O) groups is 1. The van der Waals surface area contributed by atoms with Gasteiger partial charge in [0.15, 0.2) is 0 Å². The van der Waals surface area contributed by atoms with Crippen molar-refractivity contribution in [3.8, 4) is 0 Å². The number of amides is 1. The van der Waals surface area contributed by atoms with Gasteiger partial charge in [-0.1, -0.05) is 47.5 Å². The predicted octanol–water partition coefficient (Wildman–Crippen LogP) is 3.92. The van der Waals surface area contributed by atoms with Crippen molar-refractivity contribution in [3.63, 3.8) is 0 Å². The molecule has 0 unspecified atom stereocenters. The van der Waals surface area contributed by atoms with Gasteiger partial charge in [-0.3, -0.25) is 4.79 Å². The standard InChI is InChI=1S/C14H11Cl2NO/c15-11-5-3-4-10(8-11)9-17-14(18)12-6-1-2-7-13(12)16/h1-8H,9H2,(H,17,18). The molecule has 1 N–H and O–H groups in total. The summed E-state index contributed by atoms with van der Waals surface area (Å²) in [6.07, 6.45) is 0. The zero-order valence-corrected chi connectivity index (χ0v) is 11.0. The van der Waals surface area contributed by atoms with Crippen LogP contribution in [0.4, 0.5) is 0 Å². The van der Waals surface area contributed by atoms with Crippen molar-refractivity contribution in [3.05, 3.63) is 69.7 Å². The Hall–Kier alpha value is -1.51. The van der Waals surface area contributed by atoms with Crippen LogP contribution >= 0.6 is 23.2 Å². The van der Waals surface area contributed by atoms with Crippen molar-refractivity contribution in [2.75, 3.05) is 0 Å². The number of halogens is 2. The molecule has 2 rings (SSSR count). The maximum atomic E-state index is 11.9. The molecular weight excluding hydrogens is 269 g/mol. The second kappa shape index (κ2) is 5.89. The Morgan fingerprint density at radius 3 is 2.56 bits per heavy atom. The van der Waals surface area contributed by atoms with Crippen LogP contribution < -0.4 is 5.32 Å². The molecule has 0 saturated heterocycles.